The first-order valence-corrected chi connectivity index (χ1v) is 14.6. The van der Waals surface area contributed by atoms with Gasteiger partial charge in [0.05, 0.1) is 11.3 Å². The fourth-order valence-electron chi connectivity index (χ4n) is 6.08. The molecule has 0 N–H and O–H groups in total. The SMILES string of the molecule is CC1CC=CC=C1C(OC(=O)c1ccncc1)C(=O)N1CCC(=C2c3ccc(Cl)cc3CCc3cccnc32)CC1. The van der Waals surface area contributed by atoms with E-state index in [1.54, 1.807) is 24.5 Å². The number of amides is 1. The van der Waals surface area contributed by atoms with E-state index in [1.165, 1.54) is 27.8 Å². The molecule has 1 amide bonds. The van der Waals surface area contributed by atoms with Gasteiger partial charge in [-0.05, 0) is 90.6 Å². The van der Waals surface area contributed by atoms with Crippen molar-refractivity contribution in [2.45, 2.75) is 45.1 Å². The molecule has 6 nitrogen and oxygen atoms in total. The zero-order valence-electron chi connectivity index (χ0n) is 23.1. The third-order valence-electron chi connectivity index (χ3n) is 8.31. The number of piperidine rings is 1. The van der Waals surface area contributed by atoms with Gasteiger partial charge in [0, 0.05) is 42.3 Å². The van der Waals surface area contributed by atoms with Gasteiger partial charge in [-0.15, -0.1) is 0 Å². The number of likely N-dealkylation sites (tertiary alicyclic amines) is 1. The normalized spacial score (nSPS) is 19.0. The quantitative estimate of drug-likeness (QED) is 0.342. The first kappa shape index (κ1) is 27.2. The van der Waals surface area contributed by atoms with E-state index in [9.17, 15) is 9.59 Å². The Hall–Kier alpha value is -4.03. The van der Waals surface area contributed by atoms with E-state index >= 15 is 0 Å². The van der Waals surface area contributed by atoms with Gasteiger partial charge in [-0.3, -0.25) is 14.8 Å². The number of carbonyl (C=O) groups is 2. The largest absolute Gasteiger partial charge is 0.444 e. The highest BCUT2D eigenvalue weighted by Crippen LogP contribution is 2.39. The zero-order valence-corrected chi connectivity index (χ0v) is 23.8. The molecule has 2 unspecified atom stereocenters. The maximum Gasteiger partial charge on any atom is 0.339 e. The van der Waals surface area contributed by atoms with Crippen molar-refractivity contribution >= 4 is 29.1 Å². The number of esters is 1. The molecule has 3 aromatic rings. The van der Waals surface area contributed by atoms with Gasteiger partial charge in [-0.1, -0.05) is 54.5 Å². The van der Waals surface area contributed by atoms with Crippen LogP contribution in [0.1, 0.15) is 58.9 Å². The number of fused-ring (bicyclic) bond motifs is 2. The van der Waals surface area contributed by atoms with Crippen LogP contribution in [0.15, 0.2) is 90.4 Å². The fourth-order valence-corrected chi connectivity index (χ4v) is 6.27. The second-order valence-corrected chi connectivity index (χ2v) is 11.3. The van der Waals surface area contributed by atoms with Gasteiger partial charge < -0.3 is 9.64 Å². The number of aromatic nitrogens is 2. The second kappa shape index (κ2) is 11.8. The Kier molecular flexibility index (Phi) is 7.84. The number of allylic oxidation sites excluding steroid dienone is 3. The molecule has 0 spiro atoms. The smallest absolute Gasteiger partial charge is 0.339 e. The van der Waals surface area contributed by atoms with Gasteiger partial charge in [0.25, 0.3) is 5.91 Å². The Morgan fingerprint density at radius 3 is 2.56 bits per heavy atom. The number of aryl methyl sites for hydroxylation is 2. The van der Waals surface area contributed by atoms with Gasteiger partial charge in [-0.2, -0.15) is 0 Å². The first-order valence-electron chi connectivity index (χ1n) is 14.2. The van der Waals surface area contributed by atoms with E-state index in [-0.39, 0.29) is 11.8 Å². The topological polar surface area (TPSA) is 72.4 Å². The molecule has 0 radical (unpaired) electrons. The third-order valence-corrected chi connectivity index (χ3v) is 8.55. The van der Waals surface area contributed by atoms with E-state index < -0.39 is 12.1 Å². The minimum Gasteiger partial charge on any atom is -0.444 e. The lowest BCUT2D eigenvalue weighted by Crippen LogP contribution is -2.46. The highest BCUT2D eigenvalue weighted by Gasteiger charge is 2.36. The Morgan fingerprint density at radius 2 is 1.78 bits per heavy atom. The molecule has 2 aliphatic carbocycles. The number of hydrogen-bond donors (Lipinski definition) is 0. The van der Waals surface area contributed by atoms with Crippen molar-refractivity contribution in [3.05, 3.63) is 123 Å². The van der Waals surface area contributed by atoms with Crippen LogP contribution in [-0.2, 0) is 22.4 Å². The number of pyridine rings is 2. The maximum absolute atomic E-state index is 14.0. The summed E-state index contributed by atoms with van der Waals surface area (Å²) in [5.74, 6) is -0.598. The standard InChI is InChI=1S/C34H32ClN3O3/c1-22-5-2-3-7-28(22)32(41-34(40)25-12-17-36-18-13-25)33(39)38-19-14-23(15-20-38)30-29-11-10-27(35)21-26(29)9-8-24-6-4-16-37-31(24)30/h2-4,6-7,10-13,16-18,21-22,32H,5,8-9,14-15,19-20H2,1H3. The molecule has 1 fully saturated rings. The van der Waals surface area contributed by atoms with E-state index in [1.807, 2.05) is 35.4 Å². The molecule has 1 saturated heterocycles. The molecule has 6 rings (SSSR count). The van der Waals surface area contributed by atoms with Crippen molar-refractivity contribution in [3.63, 3.8) is 0 Å². The highest BCUT2D eigenvalue weighted by atomic mass is 35.5. The fraction of sp³-hybridized carbons (Fsp3) is 0.294. The van der Waals surface area contributed by atoms with Crippen LogP contribution in [-0.4, -0.2) is 45.9 Å². The molecule has 2 atom stereocenters. The number of ether oxygens (including phenoxy) is 1. The van der Waals surface area contributed by atoms with Crippen molar-refractivity contribution in [1.82, 2.24) is 14.9 Å². The minimum absolute atomic E-state index is 0.0959. The summed E-state index contributed by atoms with van der Waals surface area (Å²) < 4.78 is 5.93. The van der Waals surface area contributed by atoms with Crippen LogP contribution in [0.2, 0.25) is 5.02 Å². The molecule has 41 heavy (non-hydrogen) atoms. The molecular weight excluding hydrogens is 534 g/mol. The predicted molar refractivity (Wildman–Crippen MR) is 159 cm³/mol. The summed E-state index contributed by atoms with van der Waals surface area (Å²) in [5.41, 5.74) is 8.34. The lowest BCUT2D eigenvalue weighted by atomic mass is 9.87. The van der Waals surface area contributed by atoms with Crippen molar-refractivity contribution in [1.29, 1.82) is 0 Å². The molecule has 1 aliphatic heterocycles. The molecule has 208 valence electrons. The summed E-state index contributed by atoms with van der Waals surface area (Å²) in [5, 5.41) is 0.737. The van der Waals surface area contributed by atoms with E-state index in [4.69, 9.17) is 21.3 Å². The molecule has 0 saturated carbocycles. The Morgan fingerprint density at radius 1 is 1.00 bits per heavy atom. The van der Waals surface area contributed by atoms with Gasteiger partial charge in [0.2, 0.25) is 6.10 Å². The van der Waals surface area contributed by atoms with E-state index in [0.717, 1.165) is 48.4 Å². The maximum atomic E-state index is 14.0. The van der Waals surface area contributed by atoms with Crippen molar-refractivity contribution in [2.24, 2.45) is 5.92 Å². The molecule has 2 aromatic heterocycles. The van der Waals surface area contributed by atoms with Gasteiger partial charge in [-0.25, -0.2) is 4.79 Å². The van der Waals surface area contributed by atoms with Crippen LogP contribution < -0.4 is 0 Å². The summed E-state index contributed by atoms with van der Waals surface area (Å²) in [4.78, 5) is 37.7. The Balaban J connectivity index is 1.29. The number of benzene rings is 1. The molecule has 3 aliphatic rings. The molecule has 0 bridgehead atoms. The Bertz CT molecular complexity index is 1570. The summed E-state index contributed by atoms with van der Waals surface area (Å²) in [6.07, 6.45) is 14.0. The van der Waals surface area contributed by atoms with Gasteiger partial charge >= 0.3 is 5.97 Å². The lowest BCUT2D eigenvalue weighted by molar-refractivity contribution is -0.139. The van der Waals surface area contributed by atoms with Crippen LogP contribution >= 0.6 is 11.6 Å². The molecule has 3 heterocycles. The van der Waals surface area contributed by atoms with Crippen molar-refractivity contribution < 1.29 is 14.3 Å². The van der Waals surface area contributed by atoms with Crippen LogP contribution in [0.3, 0.4) is 0 Å². The third kappa shape index (κ3) is 5.62. The summed E-state index contributed by atoms with van der Waals surface area (Å²) >= 11 is 6.38. The molecule has 1 aromatic carbocycles. The second-order valence-electron chi connectivity index (χ2n) is 10.9. The number of hydrogen-bond acceptors (Lipinski definition) is 5. The predicted octanol–water partition coefficient (Wildman–Crippen LogP) is 6.40. The summed E-state index contributed by atoms with van der Waals surface area (Å²) in [7, 11) is 0. The van der Waals surface area contributed by atoms with Gasteiger partial charge in [0.1, 0.15) is 0 Å². The molecular formula is C34H32ClN3O3. The minimum atomic E-state index is -0.965. The van der Waals surface area contributed by atoms with Crippen LogP contribution in [0, 0.1) is 5.92 Å². The highest BCUT2D eigenvalue weighted by molar-refractivity contribution is 6.30. The van der Waals surface area contributed by atoms with Crippen LogP contribution in [0.5, 0.6) is 0 Å². The van der Waals surface area contributed by atoms with Crippen molar-refractivity contribution in [3.8, 4) is 0 Å². The number of halogens is 1. The van der Waals surface area contributed by atoms with E-state index in [0.29, 0.717) is 18.7 Å². The summed E-state index contributed by atoms with van der Waals surface area (Å²) in [6, 6.07) is 13.5. The van der Waals surface area contributed by atoms with Gasteiger partial charge in [0.15, 0.2) is 0 Å². The number of carbonyl (C=O) groups excluding carboxylic acids is 2. The Labute approximate surface area is 245 Å². The van der Waals surface area contributed by atoms with E-state index in [2.05, 4.69) is 36.2 Å². The number of nitrogens with zero attached hydrogens (tertiary/aromatic N) is 3. The first-order chi connectivity index (χ1) is 20.0. The average molecular weight is 566 g/mol. The summed E-state index contributed by atoms with van der Waals surface area (Å²) in [6.45, 7) is 3.15. The lowest BCUT2D eigenvalue weighted by Gasteiger charge is -2.34. The van der Waals surface area contributed by atoms with Crippen LogP contribution in [0.4, 0.5) is 0 Å². The zero-order chi connectivity index (χ0) is 28.3. The van der Waals surface area contributed by atoms with Crippen LogP contribution in [0.25, 0.3) is 5.57 Å². The van der Waals surface area contributed by atoms with Crippen molar-refractivity contribution in [2.75, 3.05) is 13.1 Å². The average Bonchev–Trinajstić information content (AvgIpc) is 3.17. The monoisotopic (exact) mass is 565 g/mol. The number of rotatable bonds is 4. The molecule has 7 heteroatoms.